The summed E-state index contributed by atoms with van der Waals surface area (Å²) in [6.07, 6.45) is 8.30. The van der Waals surface area contributed by atoms with Crippen molar-refractivity contribution in [3.8, 4) is 0 Å². The molecule has 1 saturated heterocycles. The van der Waals surface area contributed by atoms with Crippen molar-refractivity contribution in [1.29, 1.82) is 0 Å². The summed E-state index contributed by atoms with van der Waals surface area (Å²) in [6.45, 7) is 6.27. The standard InChI is InChI=1S/C23H30N6O/c1-15-12-16(2)18-14-19(23(30)24-20(18)13-15)21(28-10-6-3-7-11-28)22-25-26-27-29(22)17-8-4-5-9-17/h12-14,17,21H,3-11H2,1-2H3,(H,24,30)/p+1/t21-/m1/s1. The fourth-order valence-electron chi connectivity index (χ4n) is 5.54. The summed E-state index contributed by atoms with van der Waals surface area (Å²) in [5, 5.41) is 14.1. The Morgan fingerprint density at radius 3 is 2.60 bits per heavy atom. The number of aromatic amines is 1. The molecule has 7 nitrogen and oxygen atoms in total. The van der Waals surface area contributed by atoms with E-state index in [0.29, 0.717) is 6.04 Å². The van der Waals surface area contributed by atoms with E-state index < -0.39 is 0 Å². The lowest BCUT2D eigenvalue weighted by Gasteiger charge is -2.31. The lowest BCUT2D eigenvalue weighted by Crippen LogP contribution is -3.13. The SMILES string of the molecule is Cc1cc(C)c2cc([C@H](c3nnnn3C3CCCC3)[NH+]3CCCCC3)c(=O)[nH]c2c1. The molecule has 0 spiro atoms. The molecule has 2 fully saturated rings. The van der Waals surface area contributed by atoms with Gasteiger partial charge < -0.3 is 9.88 Å². The van der Waals surface area contributed by atoms with E-state index in [0.717, 1.165) is 53.8 Å². The zero-order valence-corrected chi connectivity index (χ0v) is 17.9. The third-order valence-electron chi connectivity index (χ3n) is 7.00. The summed E-state index contributed by atoms with van der Waals surface area (Å²) in [7, 11) is 0. The molecule has 158 valence electrons. The first-order valence-electron chi connectivity index (χ1n) is 11.4. The van der Waals surface area contributed by atoms with Crippen LogP contribution in [0.2, 0.25) is 0 Å². The van der Waals surface area contributed by atoms with Gasteiger partial charge in [0.2, 0.25) is 5.82 Å². The van der Waals surface area contributed by atoms with E-state index in [2.05, 4.69) is 52.6 Å². The maximum absolute atomic E-state index is 13.3. The molecule has 3 heterocycles. The normalized spacial score (nSPS) is 19.5. The Morgan fingerprint density at radius 1 is 1.07 bits per heavy atom. The second-order valence-corrected chi connectivity index (χ2v) is 9.17. The molecule has 2 aliphatic rings. The number of hydrogen-bond donors (Lipinski definition) is 2. The Balaban J connectivity index is 1.67. The Hall–Kier alpha value is -2.54. The summed E-state index contributed by atoms with van der Waals surface area (Å²) in [5.41, 5.74) is 4.03. The summed E-state index contributed by atoms with van der Waals surface area (Å²) < 4.78 is 2.03. The van der Waals surface area contributed by atoms with Crippen molar-refractivity contribution in [2.75, 3.05) is 13.1 Å². The van der Waals surface area contributed by atoms with Gasteiger partial charge in [0, 0.05) is 10.9 Å². The number of nitrogens with zero attached hydrogens (tertiary/aromatic N) is 4. The molecule has 30 heavy (non-hydrogen) atoms. The molecule has 0 radical (unpaired) electrons. The number of piperidine rings is 1. The maximum atomic E-state index is 13.3. The van der Waals surface area contributed by atoms with Crippen molar-refractivity contribution in [1.82, 2.24) is 25.2 Å². The average molecular weight is 408 g/mol. The summed E-state index contributed by atoms with van der Waals surface area (Å²) in [6, 6.07) is 6.55. The number of fused-ring (bicyclic) bond motifs is 1. The fourth-order valence-corrected chi connectivity index (χ4v) is 5.54. The van der Waals surface area contributed by atoms with Crippen LogP contribution in [-0.4, -0.2) is 38.3 Å². The highest BCUT2D eigenvalue weighted by Gasteiger charge is 2.36. The second-order valence-electron chi connectivity index (χ2n) is 9.17. The number of H-pyrrole nitrogens is 1. The number of likely N-dealkylation sites (tertiary alicyclic amines) is 1. The van der Waals surface area contributed by atoms with Gasteiger partial charge in [0.05, 0.1) is 24.7 Å². The van der Waals surface area contributed by atoms with E-state index in [1.807, 2.05) is 4.68 Å². The number of aromatic nitrogens is 5. The van der Waals surface area contributed by atoms with Crippen LogP contribution in [0.1, 0.15) is 79.5 Å². The van der Waals surface area contributed by atoms with Crippen molar-refractivity contribution < 1.29 is 4.90 Å². The fraction of sp³-hybridized carbons (Fsp3) is 0.565. The van der Waals surface area contributed by atoms with Gasteiger partial charge in [-0.15, -0.1) is 5.10 Å². The molecule has 5 rings (SSSR count). The molecular formula is C23H31N6O+. The van der Waals surface area contributed by atoms with Crippen LogP contribution in [0.3, 0.4) is 0 Å². The maximum Gasteiger partial charge on any atom is 0.258 e. The molecule has 0 amide bonds. The molecule has 1 aliphatic carbocycles. The number of aryl methyl sites for hydroxylation is 2. The zero-order chi connectivity index (χ0) is 20.7. The minimum atomic E-state index is -0.130. The van der Waals surface area contributed by atoms with Crippen molar-refractivity contribution in [3.05, 3.63) is 51.1 Å². The van der Waals surface area contributed by atoms with Gasteiger partial charge in [0.25, 0.3) is 5.56 Å². The second kappa shape index (κ2) is 7.95. The predicted octanol–water partition coefficient (Wildman–Crippen LogP) is 2.40. The van der Waals surface area contributed by atoms with Crippen LogP contribution in [0.5, 0.6) is 0 Å². The van der Waals surface area contributed by atoms with Crippen LogP contribution < -0.4 is 10.5 Å². The largest absolute Gasteiger partial charge is 0.322 e. The summed E-state index contributed by atoms with van der Waals surface area (Å²) in [5.74, 6) is 0.855. The number of rotatable bonds is 4. The van der Waals surface area contributed by atoms with Gasteiger partial charge in [0.1, 0.15) is 0 Å². The van der Waals surface area contributed by atoms with Crippen molar-refractivity contribution in [3.63, 3.8) is 0 Å². The van der Waals surface area contributed by atoms with Crippen molar-refractivity contribution in [2.45, 2.75) is 70.9 Å². The van der Waals surface area contributed by atoms with Gasteiger partial charge >= 0.3 is 0 Å². The highest BCUT2D eigenvalue weighted by molar-refractivity contribution is 5.83. The molecule has 0 unspecified atom stereocenters. The van der Waals surface area contributed by atoms with Gasteiger partial charge in [0.15, 0.2) is 6.04 Å². The van der Waals surface area contributed by atoms with Crippen LogP contribution in [0.25, 0.3) is 10.9 Å². The van der Waals surface area contributed by atoms with Crippen LogP contribution in [0, 0.1) is 13.8 Å². The van der Waals surface area contributed by atoms with Gasteiger partial charge in [-0.1, -0.05) is 18.9 Å². The molecule has 1 aliphatic heterocycles. The third-order valence-corrected chi connectivity index (χ3v) is 7.00. The van der Waals surface area contributed by atoms with E-state index in [-0.39, 0.29) is 11.6 Å². The van der Waals surface area contributed by atoms with E-state index in [9.17, 15) is 4.79 Å². The third kappa shape index (κ3) is 3.45. The smallest absolute Gasteiger partial charge is 0.258 e. The number of nitrogens with one attached hydrogen (secondary N) is 2. The minimum Gasteiger partial charge on any atom is -0.322 e. The number of hydrogen-bond acceptors (Lipinski definition) is 4. The first kappa shape index (κ1) is 19.4. The monoisotopic (exact) mass is 407 g/mol. The Bertz CT molecular complexity index is 1100. The molecule has 2 N–H and O–H groups in total. The van der Waals surface area contributed by atoms with Crippen LogP contribution in [0.4, 0.5) is 0 Å². The number of quaternary nitrogens is 1. The van der Waals surface area contributed by atoms with Gasteiger partial charge in [-0.3, -0.25) is 4.79 Å². The van der Waals surface area contributed by atoms with Crippen LogP contribution >= 0.6 is 0 Å². The molecule has 1 saturated carbocycles. The molecule has 1 atom stereocenters. The quantitative estimate of drug-likeness (QED) is 0.696. The number of tetrazole rings is 1. The Morgan fingerprint density at radius 2 is 1.83 bits per heavy atom. The van der Waals surface area contributed by atoms with Crippen LogP contribution in [0.15, 0.2) is 23.0 Å². The zero-order valence-electron chi connectivity index (χ0n) is 17.9. The number of benzene rings is 1. The first-order chi connectivity index (χ1) is 14.6. The van der Waals surface area contributed by atoms with Gasteiger partial charge in [-0.05, 0) is 79.6 Å². The van der Waals surface area contributed by atoms with E-state index in [1.54, 1.807) is 0 Å². The molecule has 7 heteroatoms. The molecule has 2 aromatic heterocycles. The lowest BCUT2D eigenvalue weighted by atomic mass is 9.98. The van der Waals surface area contributed by atoms with Crippen molar-refractivity contribution >= 4 is 10.9 Å². The lowest BCUT2D eigenvalue weighted by molar-refractivity contribution is -0.931. The topological polar surface area (TPSA) is 80.9 Å². The molecule has 0 bridgehead atoms. The first-order valence-corrected chi connectivity index (χ1v) is 11.4. The molecule has 3 aromatic rings. The minimum absolute atomic E-state index is 0.0171. The predicted molar refractivity (Wildman–Crippen MR) is 116 cm³/mol. The van der Waals surface area contributed by atoms with E-state index in [1.165, 1.54) is 42.6 Å². The summed E-state index contributed by atoms with van der Waals surface area (Å²) in [4.78, 5) is 17.9. The Labute approximate surface area is 176 Å². The van der Waals surface area contributed by atoms with Gasteiger partial charge in [-0.2, -0.15) is 0 Å². The van der Waals surface area contributed by atoms with Crippen molar-refractivity contribution in [2.24, 2.45) is 0 Å². The summed E-state index contributed by atoms with van der Waals surface area (Å²) >= 11 is 0. The van der Waals surface area contributed by atoms with Crippen LogP contribution in [-0.2, 0) is 0 Å². The highest BCUT2D eigenvalue weighted by atomic mass is 16.1. The Kier molecular flexibility index (Phi) is 5.15. The molecular weight excluding hydrogens is 376 g/mol. The average Bonchev–Trinajstić information content (AvgIpc) is 3.41. The van der Waals surface area contributed by atoms with E-state index >= 15 is 0 Å². The number of pyridine rings is 1. The van der Waals surface area contributed by atoms with Gasteiger partial charge in [-0.25, -0.2) is 4.68 Å². The highest BCUT2D eigenvalue weighted by Crippen LogP contribution is 2.31. The van der Waals surface area contributed by atoms with E-state index in [4.69, 9.17) is 0 Å². The molecule has 1 aromatic carbocycles.